The second-order valence-electron chi connectivity index (χ2n) is 6.85. The number of rotatable bonds is 8. The largest absolute Gasteiger partial charge is 0.381 e. The van der Waals surface area contributed by atoms with E-state index in [2.05, 4.69) is 19.9 Å². The SMILES string of the molecule is CC(C)CCOCCSc1nc2ccccc2c(=O)n1-c1ccc(C#N)cc1. The van der Waals surface area contributed by atoms with E-state index in [4.69, 9.17) is 15.0 Å². The number of nitriles is 1. The van der Waals surface area contributed by atoms with Crippen molar-refractivity contribution in [3.8, 4) is 11.8 Å². The number of thioether (sulfide) groups is 1. The lowest BCUT2D eigenvalue weighted by atomic mass is 10.1. The van der Waals surface area contributed by atoms with E-state index in [9.17, 15) is 4.79 Å². The van der Waals surface area contributed by atoms with Crippen LogP contribution in [0, 0.1) is 17.2 Å². The molecule has 0 saturated carbocycles. The van der Waals surface area contributed by atoms with Crippen molar-refractivity contribution in [1.82, 2.24) is 9.55 Å². The van der Waals surface area contributed by atoms with Crippen LogP contribution in [0.4, 0.5) is 0 Å². The lowest BCUT2D eigenvalue weighted by Gasteiger charge is -2.13. The summed E-state index contributed by atoms with van der Waals surface area (Å²) in [4.78, 5) is 17.8. The van der Waals surface area contributed by atoms with Crippen LogP contribution in [0.15, 0.2) is 58.5 Å². The Morgan fingerprint density at radius 1 is 1.14 bits per heavy atom. The molecule has 0 fully saturated rings. The molecule has 0 unspecified atom stereocenters. The van der Waals surface area contributed by atoms with Crippen LogP contribution in [0.2, 0.25) is 0 Å². The molecule has 5 nitrogen and oxygen atoms in total. The molecule has 0 aliphatic carbocycles. The highest BCUT2D eigenvalue weighted by molar-refractivity contribution is 7.99. The van der Waals surface area contributed by atoms with Gasteiger partial charge in [-0.3, -0.25) is 9.36 Å². The quantitative estimate of drug-likeness (QED) is 0.322. The Kier molecular flexibility index (Phi) is 6.85. The van der Waals surface area contributed by atoms with Crippen molar-refractivity contribution < 1.29 is 4.74 Å². The first-order valence-electron chi connectivity index (χ1n) is 9.33. The molecule has 0 bridgehead atoms. The summed E-state index contributed by atoms with van der Waals surface area (Å²) in [7, 11) is 0. The van der Waals surface area contributed by atoms with Crippen LogP contribution in [0.1, 0.15) is 25.8 Å². The van der Waals surface area contributed by atoms with Gasteiger partial charge in [0.1, 0.15) is 0 Å². The van der Waals surface area contributed by atoms with Gasteiger partial charge in [-0.2, -0.15) is 5.26 Å². The van der Waals surface area contributed by atoms with Crippen molar-refractivity contribution in [3.05, 3.63) is 64.4 Å². The van der Waals surface area contributed by atoms with Gasteiger partial charge in [-0.1, -0.05) is 37.7 Å². The Morgan fingerprint density at radius 2 is 1.89 bits per heavy atom. The van der Waals surface area contributed by atoms with Gasteiger partial charge in [-0.25, -0.2) is 4.98 Å². The molecule has 3 rings (SSSR count). The predicted molar refractivity (Wildman–Crippen MR) is 113 cm³/mol. The summed E-state index contributed by atoms with van der Waals surface area (Å²) in [6, 6.07) is 16.4. The average molecular weight is 394 g/mol. The van der Waals surface area contributed by atoms with E-state index in [1.807, 2.05) is 18.2 Å². The Bertz CT molecular complexity index is 1040. The predicted octanol–water partition coefficient (Wildman–Crippen LogP) is 4.41. The Hall–Kier alpha value is -2.62. The van der Waals surface area contributed by atoms with Crippen LogP contribution in [-0.2, 0) is 4.74 Å². The highest BCUT2D eigenvalue weighted by atomic mass is 32.2. The molecule has 0 N–H and O–H groups in total. The molecule has 3 aromatic rings. The normalized spacial score (nSPS) is 11.1. The average Bonchev–Trinajstić information content (AvgIpc) is 2.71. The number of aromatic nitrogens is 2. The minimum Gasteiger partial charge on any atom is -0.381 e. The number of fused-ring (bicyclic) bond motifs is 1. The fraction of sp³-hybridized carbons (Fsp3) is 0.318. The zero-order chi connectivity index (χ0) is 19.9. The molecule has 6 heteroatoms. The monoisotopic (exact) mass is 393 g/mol. The summed E-state index contributed by atoms with van der Waals surface area (Å²) in [6.07, 6.45) is 1.04. The van der Waals surface area contributed by atoms with Crippen LogP contribution in [0.5, 0.6) is 0 Å². The third-order valence-electron chi connectivity index (χ3n) is 4.30. The lowest BCUT2D eigenvalue weighted by molar-refractivity contribution is 0.138. The molecule has 0 aliphatic rings. The minimum atomic E-state index is -0.112. The van der Waals surface area contributed by atoms with E-state index < -0.39 is 0 Å². The standard InChI is InChI=1S/C22H23N3O2S/c1-16(2)11-12-27-13-14-28-22-24-20-6-4-3-5-19(20)21(26)25(22)18-9-7-17(15-23)8-10-18/h3-10,16H,11-14H2,1-2H3. The van der Waals surface area contributed by atoms with Gasteiger partial charge in [0.15, 0.2) is 5.16 Å². The van der Waals surface area contributed by atoms with Crippen LogP contribution in [-0.4, -0.2) is 28.5 Å². The number of benzene rings is 2. The topological polar surface area (TPSA) is 67.9 Å². The second kappa shape index (κ2) is 9.54. The molecule has 1 aromatic heterocycles. The molecule has 0 atom stereocenters. The molecule has 0 spiro atoms. The van der Waals surface area contributed by atoms with Crippen LogP contribution in [0.3, 0.4) is 0 Å². The summed E-state index contributed by atoms with van der Waals surface area (Å²) in [6.45, 7) is 5.69. The Labute approximate surface area is 169 Å². The Morgan fingerprint density at radius 3 is 2.61 bits per heavy atom. The summed E-state index contributed by atoms with van der Waals surface area (Å²) in [5.74, 6) is 1.33. The number of hydrogen-bond donors (Lipinski definition) is 0. The van der Waals surface area contributed by atoms with Gasteiger partial charge in [0.2, 0.25) is 0 Å². The summed E-state index contributed by atoms with van der Waals surface area (Å²) in [5, 5.41) is 10.2. The van der Waals surface area contributed by atoms with Crippen LogP contribution in [0.25, 0.3) is 16.6 Å². The van der Waals surface area contributed by atoms with Gasteiger partial charge < -0.3 is 4.74 Å². The molecule has 0 saturated heterocycles. The van der Waals surface area contributed by atoms with Gasteiger partial charge in [-0.15, -0.1) is 0 Å². The van der Waals surface area contributed by atoms with E-state index in [1.165, 1.54) is 11.8 Å². The van der Waals surface area contributed by atoms with Gasteiger partial charge in [0.05, 0.1) is 34.8 Å². The van der Waals surface area contributed by atoms with Gasteiger partial charge in [0.25, 0.3) is 5.56 Å². The maximum Gasteiger partial charge on any atom is 0.266 e. The molecular weight excluding hydrogens is 370 g/mol. The van der Waals surface area contributed by atoms with Crippen molar-refractivity contribution in [3.63, 3.8) is 0 Å². The fourth-order valence-electron chi connectivity index (χ4n) is 2.73. The summed E-state index contributed by atoms with van der Waals surface area (Å²) in [5.41, 5.74) is 1.82. The second-order valence-corrected chi connectivity index (χ2v) is 7.92. The minimum absolute atomic E-state index is 0.112. The molecule has 28 heavy (non-hydrogen) atoms. The molecule has 0 amide bonds. The third kappa shape index (κ3) is 4.80. The van der Waals surface area contributed by atoms with Gasteiger partial charge >= 0.3 is 0 Å². The van der Waals surface area contributed by atoms with Crippen LogP contribution < -0.4 is 5.56 Å². The van der Waals surface area contributed by atoms with E-state index in [-0.39, 0.29) is 5.56 Å². The highest BCUT2D eigenvalue weighted by Gasteiger charge is 2.13. The van der Waals surface area contributed by atoms with Crippen molar-refractivity contribution in [2.75, 3.05) is 19.0 Å². The number of para-hydroxylation sites is 1. The number of ether oxygens (including phenoxy) is 1. The maximum atomic E-state index is 13.1. The molecular formula is C22H23N3O2S. The fourth-order valence-corrected chi connectivity index (χ4v) is 3.60. The van der Waals surface area contributed by atoms with E-state index in [1.54, 1.807) is 34.9 Å². The van der Waals surface area contributed by atoms with Crippen LogP contribution >= 0.6 is 11.8 Å². The van der Waals surface area contributed by atoms with Crippen molar-refractivity contribution in [2.45, 2.75) is 25.4 Å². The zero-order valence-electron chi connectivity index (χ0n) is 16.1. The maximum absolute atomic E-state index is 13.1. The van der Waals surface area contributed by atoms with Crippen molar-refractivity contribution in [2.24, 2.45) is 5.92 Å². The molecule has 144 valence electrons. The molecule has 1 heterocycles. The van der Waals surface area contributed by atoms with E-state index in [0.717, 1.165) is 13.0 Å². The number of nitrogens with zero attached hydrogens (tertiary/aromatic N) is 3. The van der Waals surface area contributed by atoms with Gasteiger partial charge in [0, 0.05) is 12.4 Å². The highest BCUT2D eigenvalue weighted by Crippen LogP contribution is 2.21. The summed E-state index contributed by atoms with van der Waals surface area (Å²) >= 11 is 1.50. The van der Waals surface area contributed by atoms with Gasteiger partial charge in [-0.05, 0) is 48.7 Å². The first-order valence-corrected chi connectivity index (χ1v) is 10.3. The third-order valence-corrected chi connectivity index (χ3v) is 5.20. The first-order chi connectivity index (χ1) is 13.6. The number of hydrogen-bond acceptors (Lipinski definition) is 5. The molecule has 0 aliphatic heterocycles. The smallest absolute Gasteiger partial charge is 0.266 e. The zero-order valence-corrected chi connectivity index (χ0v) is 16.9. The summed E-state index contributed by atoms with van der Waals surface area (Å²) < 4.78 is 7.30. The lowest BCUT2D eigenvalue weighted by Crippen LogP contribution is -2.22. The first kappa shape index (κ1) is 20.1. The van der Waals surface area contributed by atoms with E-state index >= 15 is 0 Å². The molecule has 2 aromatic carbocycles. The van der Waals surface area contributed by atoms with E-state index in [0.29, 0.717) is 45.6 Å². The molecule has 0 radical (unpaired) electrons. The van der Waals surface area contributed by atoms with Crippen molar-refractivity contribution >= 4 is 22.7 Å². The van der Waals surface area contributed by atoms with Crippen molar-refractivity contribution in [1.29, 1.82) is 5.26 Å². The Balaban J connectivity index is 1.89.